The zero-order valence-corrected chi connectivity index (χ0v) is 15.7. The fraction of sp³-hybridized carbons (Fsp3) is 0.364. The number of nitrogens with zero attached hydrogens (tertiary/aromatic N) is 1. The minimum atomic E-state index is -0.205. The molecule has 1 heterocycles. The van der Waals surface area contributed by atoms with Crippen LogP contribution < -0.4 is 10.1 Å². The van der Waals surface area contributed by atoms with Gasteiger partial charge in [0.05, 0.1) is 19.1 Å². The van der Waals surface area contributed by atoms with E-state index < -0.39 is 0 Å². The molecule has 1 saturated heterocycles. The van der Waals surface area contributed by atoms with Crippen molar-refractivity contribution in [3.63, 3.8) is 0 Å². The lowest BCUT2D eigenvalue weighted by atomic mass is 10.1. The molecule has 1 unspecified atom stereocenters. The van der Waals surface area contributed by atoms with Crippen molar-refractivity contribution >= 4 is 11.8 Å². The standard InChI is InChI=1S/C22H26N2O3/c1-2-27-19-12-10-17(11-13-19)15-21(25)23-20(18-7-4-3-5-8-18)16-24-14-6-9-22(24)26/h3-5,7-8,10-13,20H,2,6,9,14-16H2,1H3,(H,23,25). The van der Waals surface area contributed by atoms with Crippen molar-refractivity contribution in [2.24, 2.45) is 0 Å². The number of likely N-dealkylation sites (tertiary alicyclic amines) is 1. The third-order valence-corrected chi connectivity index (χ3v) is 4.71. The molecule has 5 heteroatoms. The van der Waals surface area contributed by atoms with Crippen LogP contribution in [0.2, 0.25) is 0 Å². The Bertz CT molecular complexity index is 759. The van der Waals surface area contributed by atoms with Crippen molar-refractivity contribution in [2.75, 3.05) is 19.7 Å². The van der Waals surface area contributed by atoms with E-state index in [1.807, 2.05) is 66.4 Å². The average Bonchev–Trinajstić information content (AvgIpc) is 3.08. The van der Waals surface area contributed by atoms with Crippen LogP contribution in [0.1, 0.15) is 36.9 Å². The second kappa shape index (κ2) is 9.21. The first-order valence-electron chi connectivity index (χ1n) is 9.49. The van der Waals surface area contributed by atoms with E-state index in [9.17, 15) is 9.59 Å². The Morgan fingerprint density at radius 2 is 1.89 bits per heavy atom. The van der Waals surface area contributed by atoms with Gasteiger partial charge in [0.25, 0.3) is 0 Å². The fourth-order valence-electron chi connectivity index (χ4n) is 3.34. The first-order valence-corrected chi connectivity index (χ1v) is 9.49. The molecule has 0 spiro atoms. The van der Waals surface area contributed by atoms with Gasteiger partial charge >= 0.3 is 0 Å². The molecule has 3 rings (SSSR count). The maximum Gasteiger partial charge on any atom is 0.224 e. The summed E-state index contributed by atoms with van der Waals surface area (Å²) in [4.78, 5) is 26.5. The quantitative estimate of drug-likeness (QED) is 0.781. The van der Waals surface area contributed by atoms with Crippen molar-refractivity contribution in [3.8, 4) is 5.75 Å². The van der Waals surface area contributed by atoms with Crippen LogP contribution in [0.25, 0.3) is 0 Å². The third-order valence-electron chi connectivity index (χ3n) is 4.71. The zero-order valence-electron chi connectivity index (χ0n) is 15.7. The fourth-order valence-corrected chi connectivity index (χ4v) is 3.34. The molecule has 1 aliphatic rings. The topological polar surface area (TPSA) is 58.6 Å². The molecular weight excluding hydrogens is 340 g/mol. The number of ether oxygens (including phenoxy) is 1. The Balaban J connectivity index is 1.65. The number of hydrogen-bond acceptors (Lipinski definition) is 3. The number of benzene rings is 2. The number of rotatable bonds is 8. The van der Waals surface area contributed by atoms with Crippen LogP contribution in [0.4, 0.5) is 0 Å². The molecule has 1 N–H and O–H groups in total. The molecule has 5 nitrogen and oxygen atoms in total. The molecule has 0 aliphatic carbocycles. The van der Waals surface area contributed by atoms with E-state index in [0.29, 0.717) is 26.0 Å². The van der Waals surface area contributed by atoms with Crippen LogP contribution in [0.5, 0.6) is 5.75 Å². The van der Waals surface area contributed by atoms with E-state index in [1.54, 1.807) is 0 Å². The summed E-state index contributed by atoms with van der Waals surface area (Å²) in [7, 11) is 0. The minimum Gasteiger partial charge on any atom is -0.494 e. The number of amides is 2. The van der Waals surface area contributed by atoms with E-state index in [2.05, 4.69) is 5.32 Å². The highest BCUT2D eigenvalue weighted by atomic mass is 16.5. The zero-order chi connectivity index (χ0) is 19.1. The number of hydrogen-bond donors (Lipinski definition) is 1. The van der Waals surface area contributed by atoms with Gasteiger partial charge in [-0.3, -0.25) is 9.59 Å². The van der Waals surface area contributed by atoms with Crippen LogP contribution in [-0.2, 0) is 16.0 Å². The SMILES string of the molecule is CCOc1ccc(CC(=O)NC(CN2CCCC2=O)c2ccccc2)cc1. The van der Waals surface area contributed by atoms with Crippen molar-refractivity contribution in [1.29, 1.82) is 0 Å². The summed E-state index contributed by atoms with van der Waals surface area (Å²) in [6.45, 7) is 3.83. The highest BCUT2D eigenvalue weighted by Crippen LogP contribution is 2.19. The van der Waals surface area contributed by atoms with Crippen molar-refractivity contribution in [1.82, 2.24) is 10.2 Å². The molecule has 0 saturated carbocycles. The van der Waals surface area contributed by atoms with Gasteiger partial charge in [0.2, 0.25) is 11.8 Å². The number of carbonyl (C=O) groups is 2. The van der Waals surface area contributed by atoms with Gasteiger partial charge in [-0.1, -0.05) is 42.5 Å². The molecule has 27 heavy (non-hydrogen) atoms. The Labute approximate surface area is 160 Å². The summed E-state index contributed by atoms with van der Waals surface area (Å²) in [6.07, 6.45) is 1.78. The molecule has 0 aromatic heterocycles. The highest BCUT2D eigenvalue weighted by Gasteiger charge is 2.25. The van der Waals surface area contributed by atoms with Gasteiger partial charge in [0.1, 0.15) is 5.75 Å². The first kappa shape index (κ1) is 19.0. The highest BCUT2D eigenvalue weighted by molar-refractivity contribution is 5.80. The molecule has 142 valence electrons. The van der Waals surface area contributed by atoms with Crippen LogP contribution in [-0.4, -0.2) is 36.4 Å². The van der Waals surface area contributed by atoms with Crippen molar-refractivity contribution in [2.45, 2.75) is 32.2 Å². The summed E-state index contributed by atoms with van der Waals surface area (Å²) < 4.78 is 5.43. The van der Waals surface area contributed by atoms with E-state index >= 15 is 0 Å². The molecule has 0 bridgehead atoms. The Morgan fingerprint density at radius 1 is 1.15 bits per heavy atom. The van der Waals surface area contributed by atoms with E-state index in [0.717, 1.165) is 29.8 Å². The molecule has 1 aliphatic heterocycles. The maximum absolute atomic E-state index is 12.6. The van der Waals surface area contributed by atoms with Gasteiger partial charge in [0, 0.05) is 19.5 Å². The lowest BCUT2D eigenvalue weighted by Gasteiger charge is -2.25. The van der Waals surface area contributed by atoms with Gasteiger partial charge in [-0.05, 0) is 36.6 Å². The molecular formula is C22H26N2O3. The van der Waals surface area contributed by atoms with Crippen LogP contribution in [0.15, 0.2) is 54.6 Å². The average molecular weight is 366 g/mol. The summed E-state index contributed by atoms with van der Waals surface area (Å²) in [5.41, 5.74) is 1.94. The summed E-state index contributed by atoms with van der Waals surface area (Å²) in [5, 5.41) is 3.10. The van der Waals surface area contributed by atoms with Crippen molar-refractivity contribution in [3.05, 3.63) is 65.7 Å². The number of nitrogens with one attached hydrogen (secondary N) is 1. The predicted octanol–water partition coefficient (Wildman–Crippen LogP) is 3.11. The number of carbonyl (C=O) groups excluding carboxylic acids is 2. The predicted molar refractivity (Wildman–Crippen MR) is 104 cm³/mol. The third kappa shape index (κ3) is 5.33. The van der Waals surface area contributed by atoms with Crippen LogP contribution in [0.3, 0.4) is 0 Å². The smallest absolute Gasteiger partial charge is 0.224 e. The van der Waals surface area contributed by atoms with Gasteiger partial charge in [-0.2, -0.15) is 0 Å². The monoisotopic (exact) mass is 366 g/mol. The molecule has 0 radical (unpaired) electrons. The van der Waals surface area contributed by atoms with Gasteiger partial charge < -0.3 is 15.0 Å². The van der Waals surface area contributed by atoms with Crippen LogP contribution in [0, 0.1) is 0 Å². The van der Waals surface area contributed by atoms with Gasteiger partial charge in [-0.25, -0.2) is 0 Å². The van der Waals surface area contributed by atoms with E-state index in [4.69, 9.17) is 4.74 Å². The van der Waals surface area contributed by atoms with Crippen molar-refractivity contribution < 1.29 is 14.3 Å². The summed E-state index contributed by atoms with van der Waals surface area (Å²) >= 11 is 0. The van der Waals surface area contributed by atoms with Gasteiger partial charge in [-0.15, -0.1) is 0 Å². The second-order valence-electron chi connectivity index (χ2n) is 6.73. The van der Waals surface area contributed by atoms with E-state index in [1.165, 1.54) is 0 Å². The van der Waals surface area contributed by atoms with Gasteiger partial charge in [0.15, 0.2) is 0 Å². The molecule has 2 amide bonds. The van der Waals surface area contributed by atoms with E-state index in [-0.39, 0.29) is 17.9 Å². The molecule has 2 aromatic carbocycles. The summed E-state index contributed by atoms with van der Waals surface area (Å²) in [5.74, 6) is 0.910. The minimum absolute atomic E-state index is 0.0559. The first-order chi connectivity index (χ1) is 13.2. The lowest BCUT2D eigenvalue weighted by Crippen LogP contribution is -2.39. The largest absolute Gasteiger partial charge is 0.494 e. The summed E-state index contributed by atoms with van der Waals surface area (Å²) in [6, 6.07) is 17.2. The maximum atomic E-state index is 12.6. The Kier molecular flexibility index (Phi) is 6.47. The second-order valence-corrected chi connectivity index (χ2v) is 6.73. The van der Waals surface area contributed by atoms with Crippen LogP contribution >= 0.6 is 0 Å². The molecule has 2 aromatic rings. The Morgan fingerprint density at radius 3 is 2.52 bits per heavy atom. The lowest BCUT2D eigenvalue weighted by molar-refractivity contribution is -0.129. The molecule has 1 atom stereocenters. The normalized spacial score (nSPS) is 14.9. The Hall–Kier alpha value is -2.82. The molecule has 1 fully saturated rings.